The van der Waals surface area contributed by atoms with Crippen molar-refractivity contribution in [2.45, 2.75) is 51.0 Å². The Morgan fingerprint density at radius 2 is 1.65 bits per heavy atom. The number of nitrogens with zero attached hydrogens (tertiary/aromatic N) is 2. The summed E-state index contributed by atoms with van der Waals surface area (Å²) in [5.74, 6) is 0.891. The van der Waals surface area contributed by atoms with Crippen LogP contribution in [0.1, 0.15) is 60.7 Å². The average molecular weight is 538 g/mol. The third-order valence-electron chi connectivity index (χ3n) is 7.97. The molecule has 0 unspecified atom stereocenters. The van der Waals surface area contributed by atoms with Crippen LogP contribution in [0.15, 0.2) is 60.7 Å². The lowest BCUT2D eigenvalue weighted by Crippen LogP contribution is -2.45. The number of anilines is 1. The van der Waals surface area contributed by atoms with Crippen LogP contribution in [0.2, 0.25) is 10.0 Å². The topological polar surface area (TPSA) is 32.8 Å². The number of halogens is 2. The molecule has 0 saturated carbocycles. The van der Waals surface area contributed by atoms with Crippen LogP contribution in [-0.2, 0) is 17.4 Å². The molecule has 4 nitrogen and oxygen atoms in total. The van der Waals surface area contributed by atoms with Crippen molar-refractivity contribution < 1.29 is 9.53 Å². The zero-order chi connectivity index (χ0) is 26.4. The molecule has 1 saturated heterocycles. The number of rotatable bonds is 4. The number of likely N-dealkylation sites (tertiary alicyclic amines) is 1. The van der Waals surface area contributed by atoms with E-state index in [2.05, 4.69) is 43.9 Å². The quantitative estimate of drug-likeness (QED) is 0.346. The van der Waals surface area contributed by atoms with E-state index in [4.69, 9.17) is 27.9 Å². The van der Waals surface area contributed by atoms with Gasteiger partial charge in [0, 0.05) is 29.8 Å². The number of methoxy groups -OCH3 is 1. The standard InChI is InChI=1S/C31H34Cl2N2O2/c1-30(2,3)23-8-6-22(7-9-23)29(36)35-20-31(25-18-24(37-4)10-12-28(25)35)13-15-34(16-14-31)19-21-5-11-26(32)27(33)17-21/h5-12,17-18H,13-16,19-20H2,1-4H3. The molecule has 3 aromatic carbocycles. The van der Waals surface area contributed by atoms with Crippen LogP contribution < -0.4 is 9.64 Å². The maximum atomic E-state index is 13.8. The first-order valence-corrected chi connectivity index (χ1v) is 13.6. The molecule has 0 aromatic heterocycles. The summed E-state index contributed by atoms with van der Waals surface area (Å²) in [6, 6.07) is 20.1. The van der Waals surface area contributed by atoms with Gasteiger partial charge in [0.2, 0.25) is 0 Å². The Kier molecular flexibility index (Phi) is 7.04. The molecule has 0 N–H and O–H groups in total. The lowest BCUT2D eigenvalue weighted by Gasteiger charge is -2.40. The first-order valence-electron chi connectivity index (χ1n) is 12.9. The minimum atomic E-state index is -0.0843. The second kappa shape index (κ2) is 9.98. The van der Waals surface area contributed by atoms with E-state index in [1.165, 1.54) is 11.1 Å². The second-order valence-corrected chi connectivity index (χ2v) is 12.2. The van der Waals surface area contributed by atoms with Gasteiger partial charge in [-0.15, -0.1) is 0 Å². The van der Waals surface area contributed by atoms with Gasteiger partial charge >= 0.3 is 0 Å². The number of benzene rings is 3. The monoisotopic (exact) mass is 536 g/mol. The molecule has 0 bridgehead atoms. The van der Waals surface area contributed by atoms with Crippen molar-refractivity contribution in [3.8, 4) is 5.75 Å². The smallest absolute Gasteiger partial charge is 0.258 e. The summed E-state index contributed by atoms with van der Waals surface area (Å²) in [6.07, 6.45) is 1.95. The molecule has 0 atom stereocenters. The number of carbonyl (C=O) groups excluding carboxylic acids is 1. The second-order valence-electron chi connectivity index (χ2n) is 11.4. The SMILES string of the molecule is COc1ccc2c(c1)C1(CCN(Cc3ccc(Cl)c(Cl)c3)CC1)CN2C(=O)c1ccc(C(C)(C)C)cc1. The molecule has 6 heteroatoms. The van der Waals surface area contributed by atoms with Gasteiger partial charge in [-0.3, -0.25) is 9.69 Å². The summed E-state index contributed by atoms with van der Waals surface area (Å²) >= 11 is 12.3. The number of hydrogen-bond donors (Lipinski definition) is 0. The number of hydrogen-bond acceptors (Lipinski definition) is 3. The van der Waals surface area contributed by atoms with Crippen LogP contribution >= 0.6 is 23.2 Å². The van der Waals surface area contributed by atoms with Gasteiger partial charge in [-0.1, -0.05) is 62.2 Å². The molecule has 1 amide bonds. The zero-order valence-corrected chi connectivity index (χ0v) is 23.5. The van der Waals surface area contributed by atoms with Crippen molar-refractivity contribution in [2.75, 3.05) is 31.6 Å². The molecular formula is C31H34Cl2N2O2. The molecule has 194 valence electrons. The highest BCUT2D eigenvalue weighted by molar-refractivity contribution is 6.42. The average Bonchev–Trinajstić information content (AvgIpc) is 3.20. The van der Waals surface area contributed by atoms with Crippen LogP contribution in [-0.4, -0.2) is 37.6 Å². The van der Waals surface area contributed by atoms with Crippen LogP contribution in [0.25, 0.3) is 0 Å². The Hall–Kier alpha value is -2.53. The van der Waals surface area contributed by atoms with Crippen LogP contribution in [0.5, 0.6) is 5.75 Å². The number of fused-ring (bicyclic) bond motifs is 2. The minimum Gasteiger partial charge on any atom is -0.497 e. The highest BCUT2D eigenvalue weighted by Gasteiger charge is 2.46. The van der Waals surface area contributed by atoms with Gasteiger partial charge in [-0.2, -0.15) is 0 Å². The molecule has 2 aliphatic rings. The van der Waals surface area contributed by atoms with E-state index in [0.717, 1.165) is 55.0 Å². The Balaban J connectivity index is 1.38. The van der Waals surface area contributed by atoms with Crippen molar-refractivity contribution in [2.24, 2.45) is 0 Å². The Morgan fingerprint density at radius 3 is 2.27 bits per heavy atom. The summed E-state index contributed by atoms with van der Waals surface area (Å²) in [5.41, 5.74) is 5.30. The fourth-order valence-electron chi connectivity index (χ4n) is 5.69. The van der Waals surface area contributed by atoms with Gasteiger partial charge in [-0.05, 0) is 90.5 Å². The van der Waals surface area contributed by atoms with Gasteiger partial charge in [0.05, 0.1) is 17.2 Å². The van der Waals surface area contributed by atoms with Crippen molar-refractivity contribution in [3.63, 3.8) is 0 Å². The number of carbonyl (C=O) groups is 1. The molecule has 2 aliphatic heterocycles. The van der Waals surface area contributed by atoms with E-state index in [1.807, 2.05) is 47.4 Å². The lowest BCUT2D eigenvalue weighted by atomic mass is 9.74. The maximum Gasteiger partial charge on any atom is 0.258 e. The van der Waals surface area contributed by atoms with Gasteiger partial charge < -0.3 is 9.64 Å². The van der Waals surface area contributed by atoms with E-state index < -0.39 is 0 Å². The molecule has 37 heavy (non-hydrogen) atoms. The van der Waals surface area contributed by atoms with Crippen molar-refractivity contribution in [1.29, 1.82) is 0 Å². The minimum absolute atomic E-state index is 0.0494. The van der Waals surface area contributed by atoms with Crippen LogP contribution in [0.3, 0.4) is 0 Å². The van der Waals surface area contributed by atoms with E-state index in [0.29, 0.717) is 16.6 Å². The summed E-state index contributed by atoms with van der Waals surface area (Å²) in [7, 11) is 1.70. The molecule has 1 spiro atoms. The largest absolute Gasteiger partial charge is 0.497 e. The Labute approximate surface area is 230 Å². The van der Waals surface area contributed by atoms with Crippen molar-refractivity contribution in [1.82, 2.24) is 4.90 Å². The van der Waals surface area contributed by atoms with E-state index in [9.17, 15) is 4.79 Å². The zero-order valence-electron chi connectivity index (χ0n) is 22.0. The summed E-state index contributed by atoms with van der Waals surface area (Å²) in [4.78, 5) is 18.2. The molecular weight excluding hydrogens is 503 g/mol. The highest BCUT2D eigenvalue weighted by Crippen LogP contribution is 2.49. The normalized spacial score (nSPS) is 17.2. The number of piperidine rings is 1. The molecule has 2 heterocycles. The molecule has 0 radical (unpaired) electrons. The Morgan fingerprint density at radius 1 is 0.946 bits per heavy atom. The maximum absolute atomic E-state index is 13.8. The van der Waals surface area contributed by atoms with Gasteiger partial charge in [0.1, 0.15) is 5.75 Å². The number of amides is 1. The molecule has 5 rings (SSSR count). The van der Waals surface area contributed by atoms with Gasteiger partial charge in [-0.25, -0.2) is 0 Å². The lowest BCUT2D eigenvalue weighted by molar-refractivity contribution is 0.0975. The predicted molar refractivity (Wildman–Crippen MR) is 152 cm³/mol. The fraction of sp³-hybridized carbons (Fsp3) is 0.387. The van der Waals surface area contributed by atoms with E-state index >= 15 is 0 Å². The Bertz CT molecular complexity index is 1310. The first kappa shape index (κ1) is 26.1. The van der Waals surface area contributed by atoms with Crippen LogP contribution in [0, 0.1) is 0 Å². The third-order valence-corrected chi connectivity index (χ3v) is 8.71. The molecule has 1 fully saturated rings. The fourth-order valence-corrected chi connectivity index (χ4v) is 6.01. The summed E-state index contributed by atoms with van der Waals surface area (Å²) in [6.45, 7) is 9.97. The molecule has 3 aromatic rings. The van der Waals surface area contributed by atoms with Gasteiger partial charge in [0.15, 0.2) is 0 Å². The van der Waals surface area contributed by atoms with Crippen LogP contribution in [0.4, 0.5) is 5.69 Å². The third kappa shape index (κ3) is 5.12. The first-order chi connectivity index (χ1) is 17.6. The van der Waals surface area contributed by atoms with Crippen molar-refractivity contribution >= 4 is 34.8 Å². The van der Waals surface area contributed by atoms with Gasteiger partial charge in [0.25, 0.3) is 5.91 Å². The summed E-state index contributed by atoms with van der Waals surface area (Å²) < 4.78 is 5.58. The highest BCUT2D eigenvalue weighted by atomic mass is 35.5. The summed E-state index contributed by atoms with van der Waals surface area (Å²) in [5, 5.41) is 1.17. The predicted octanol–water partition coefficient (Wildman–Crippen LogP) is 7.49. The van der Waals surface area contributed by atoms with E-state index in [-0.39, 0.29) is 16.7 Å². The van der Waals surface area contributed by atoms with Crippen molar-refractivity contribution in [3.05, 3.63) is 93.0 Å². The molecule has 0 aliphatic carbocycles. The van der Waals surface area contributed by atoms with E-state index in [1.54, 1.807) is 7.11 Å². The number of ether oxygens (including phenoxy) is 1.